The summed E-state index contributed by atoms with van der Waals surface area (Å²) in [5.74, 6) is -0.386. The number of imide groups is 1. The molecule has 1 unspecified atom stereocenters. The highest BCUT2D eigenvalue weighted by molar-refractivity contribution is 6.16. The number of carbonyl (C=O) groups is 3. The van der Waals surface area contributed by atoms with Crippen LogP contribution in [0.4, 0.5) is 9.59 Å². The molecule has 1 rings (SSSR count). The molecule has 0 saturated carbocycles. The van der Waals surface area contributed by atoms with Crippen LogP contribution in [0.2, 0.25) is 0 Å². The van der Waals surface area contributed by atoms with Gasteiger partial charge in [-0.1, -0.05) is 26.2 Å². The summed E-state index contributed by atoms with van der Waals surface area (Å²) < 4.78 is 0. The second kappa shape index (κ2) is 6.17. The lowest BCUT2D eigenvalue weighted by atomic mass is 9.93. The van der Waals surface area contributed by atoms with Crippen LogP contribution in [-0.4, -0.2) is 41.7 Å². The standard InChI is InChI=1S/C11H19N5O3/c1-3-4-5-6-11(7-13-15-9(12)18)8(17)16(2)10(19)14-11/h7H,3-6H2,1-2H3,(H,14,19)(H3,12,15,18)/b13-7+. The first-order chi connectivity index (χ1) is 8.93. The zero-order valence-corrected chi connectivity index (χ0v) is 11.1. The van der Waals surface area contributed by atoms with Gasteiger partial charge in [0.25, 0.3) is 5.91 Å². The van der Waals surface area contributed by atoms with Gasteiger partial charge in [-0.2, -0.15) is 5.10 Å². The molecule has 5 amide bonds. The Morgan fingerprint density at radius 3 is 2.68 bits per heavy atom. The highest BCUT2D eigenvalue weighted by Crippen LogP contribution is 2.21. The molecule has 1 atom stereocenters. The Morgan fingerprint density at radius 1 is 1.53 bits per heavy atom. The predicted molar refractivity (Wildman–Crippen MR) is 69.4 cm³/mol. The van der Waals surface area contributed by atoms with E-state index in [1.165, 1.54) is 13.3 Å². The van der Waals surface area contributed by atoms with Crippen LogP contribution in [0, 0.1) is 0 Å². The molecule has 1 aliphatic heterocycles. The fourth-order valence-electron chi connectivity index (χ4n) is 1.90. The lowest BCUT2D eigenvalue weighted by Crippen LogP contribution is -2.49. The van der Waals surface area contributed by atoms with Gasteiger partial charge in [0.15, 0.2) is 5.54 Å². The molecule has 0 bridgehead atoms. The van der Waals surface area contributed by atoms with Crippen molar-refractivity contribution in [2.45, 2.75) is 38.1 Å². The van der Waals surface area contributed by atoms with Gasteiger partial charge in [-0.05, 0) is 6.42 Å². The number of primary amides is 1. The van der Waals surface area contributed by atoms with E-state index in [4.69, 9.17) is 5.73 Å². The summed E-state index contributed by atoms with van der Waals surface area (Å²) in [6, 6.07) is -1.31. The first kappa shape index (κ1) is 14.9. The molecule has 4 N–H and O–H groups in total. The monoisotopic (exact) mass is 269 g/mol. The first-order valence-corrected chi connectivity index (χ1v) is 6.13. The zero-order valence-electron chi connectivity index (χ0n) is 11.1. The van der Waals surface area contributed by atoms with Gasteiger partial charge in [-0.25, -0.2) is 15.0 Å². The van der Waals surface area contributed by atoms with Gasteiger partial charge < -0.3 is 11.1 Å². The molecule has 19 heavy (non-hydrogen) atoms. The third-order valence-electron chi connectivity index (χ3n) is 2.96. The van der Waals surface area contributed by atoms with Crippen molar-refractivity contribution in [3.05, 3.63) is 0 Å². The van der Waals surface area contributed by atoms with Gasteiger partial charge >= 0.3 is 12.1 Å². The maximum absolute atomic E-state index is 12.1. The van der Waals surface area contributed by atoms with Crippen molar-refractivity contribution in [2.75, 3.05) is 7.05 Å². The van der Waals surface area contributed by atoms with Crippen molar-refractivity contribution >= 4 is 24.2 Å². The molecule has 0 radical (unpaired) electrons. The summed E-state index contributed by atoms with van der Waals surface area (Å²) in [7, 11) is 1.40. The Bertz CT molecular complexity index is 409. The average Bonchev–Trinajstić information content (AvgIpc) is 2.55. The molecular weight excluding hydrogens is 250 g/mol. The van der Waals surface area contributed by atoms with Gasteiger partial charge in [0.05, 0.1) is 6.21 Å². The molecule has 0 aliphatic carbocycles. The molecule has 0 aromatic rings. The molecule has 1 heterocycles. The number of carbonyl (C=O) groups excluding carboxylic acids is 3. The number of urea groups is 2. The van der Waals surface area contributed by atoms with Crippen LogP contribution in [0.5, 0.6) is 0 Å². The molecule has 8 nitrogen and oxygen atoms in total. The second-order valence-corrected chi connectivity index (χ2v) is 4.46. The van der Waals surface area contributed by atoms with Crippen LogP contribution < -0.4 is 16.5 Å². The molecule has 0 spiro atoms. The number of rotatable bonds is 6. The Hall–Kier alpha value is -2.12. The maximum Gasteiger partial charge on any atom is 0.332 e. The molecular formula is C11H19N5O3. The summed E-state index contributed by atoms with van der Waals surface area (Å²) in [6.45, 7) is 2.04. The van der Waals surface area contributed by atoms with Gasteiger partial charge in [0.1, 0.15) is 0 Å². The van der Waals surface area contributed by atoms with E-state index in [1.807, 2.05) is 12.3 Å². The van der Waals surface area contributed by atoms with E-state index in [0.717, 1.165) is 24.2 Å². The van der Waals surface area contributed by atoms with E-state index >= 15 is 0 Å². The number of nitrogens with zero attached hydrogens (tertiary/aromatic N) is 2. The third-order valence-corrected chi connectivity index (χ3v) is 2.96. The highest BCUT2D eigenvalue weighted by atomic mass is 16.2. The van der Waals surface area contributed by atoms with E-state index in [0.29, 0.717) is 6.42 Å². The number of hydrogen-bond acceptors (Lipinski definition) is 4. The molecule has 8 heteroatoms. The number of likely N-dealkylation sites (N-methyl/N-ethyl adjacent to an activating group) is 1. The third kappa shape index (κ3) is 3.43. The molecule has 1 fully saturated rings. The van der Waals surface area contributed by atoms with E-state index in [9.17, 15) is 14.4 Å². The van der Waals surface area contributed by atoms with E-state index in [1.54, 1.807) is 0 Å². The Kier molecular flexibility index (Phi) is 4.85. The van der Waals surface area contributed by atoms with Crippen LogP contribution in [0.1, 0.15) is 32.6 Å². The van der Waals surface area contributed by atoms with E-state index < -0.39 is 17.6 Å². The van der Waals surface area contributed by atoms with Gasteiger partial charge in [-0.3, -0.25) is 9.69 Å². The first-order valence-electron chi connectivity index (χ1n) is 6.13. The van der Waals surface area contributed by atoms with E-state index in [-0.39, 0.29) is 5.91 Å². The minimum Gasteiger partial charge on any atom is -0.350 e. The summed E-state index contributed by atoms with van der Waals surface area (Å²) in [4.78, 5) is 35.2. The minimum atomic E-state index is -1.19. The van der Waals surface area contributed by atoms with Crippen molar-refractivity contribution in [3.63, 3.8) is 0 Å². The number of unbranched alkanes of at least 4 members (excludes halogenated alkanes) is 2. The summed E-state index contributed by atoms with van der Waals surface area (Å²) in [5, 5.41) is 6.21. The van der Waals surface area contributed by atoms with Crippen LogP contribution in [0.3, 0.4) is 0 Å². The number of amides is 5. The fraction of sp³-hybridized carbons (Fsp3) is 0.636. The molecule has 1 saturated heterocycles. The summed E-state index contributed by atoms with van der Waals surface area (Å²) in [6.07, 6.45) is 4.35. The smallest absolute Gasteiger partial charge is 0.332 e. The van der Waals surface area contributed by atoms with Crippen molar-refractivity contribution < 1.29 is 14.4 Å². The summed E-state index contributed by atoms with van der Waals surface area (Å²) >= 11 is 0. The van der Waals surface area contributed by atoms with Crippen molar-refractivity contribution in [1.82, 2.24) is 15.6 Å². The predicted octanol–water partition coefficient (Wildman–Crippen LogP) is 0.141. The molecule has 0 aromatic heterocycles. The second-order valence-electron chi connectivity index (χ2n) is 4.46. The maximum atomic E-state index is 12.1. The fourth-order valence-corrected chi connectivity index (χ4v) is 1.90. The summed E-state index contributed by atoms with van der Waals surface area (Å²) in [5.41, 5.74) is 5.72. The molecule has 1 aliphatic rings. The Morgan fingerprint density at radius 2 is 2.21 bits per heavy atom. The number of hydrogen-bond donors (Lipinski definition) is 3. The molecule has 0 aromatic carbocycles. The Balaban J connectivity index is 2.85. The topological polar surface area (TPSA) is 117 Å². The SMILES string of the molecule is CCCCCC1(/C=N/NC(N)=O)NC(=O)N(C)C1=O. The van der Waals surface area contributed by atoms with Crippen LogP contribution in [0.25, 0.3) is 0 Å². The average molecular weight is 269 g/mol. The number of nitrogens with two attached hydrogens (primary N) is 1. The van der Waals surface area contributed by atoms with Crippen LogP contribution in [0.15, 0.2) is 5.10 Å². The number of hydrazone groups is 1. The van der Waals surface area contributed by atoms with Crippen LogP contribution in [-0.2, 0) is 4.79 Å². The quantitative estimate of drug-likeness (QED) is 0.275. The number of nitrogens with one attached hydrogen (secondary N) is 2. The lowest BCUT2D eigenvalue weighted by molar-refractivity contribution is -0.128. The van der Waals surface area contributed by atoms with Crippen molar-refractivity contribution in [1.29, 1.82) is 0 Å². The molecule has 106 valence electrons. The van der Waals surface area contributed by atoms with Gasteiger partial charge in [0, 0.05) is 7.05 Å². The van der Waals surface area contributed by atoms with Gasteiger partial charge in [0.2, 0.25) is 0 Å². The minimum absolute atomic E-state index is 0.386. The van der Waals surface area contributed by atoms with Crippen molar-refractivity contribution in [2.24, 2.45) is 10.8 Å². The van der Waals surface area contributed by atoms with Crippen molar-refractivity contribution in [3.8, 4) is 0 Å². The normalized spacial score (nSPS) is 22.9. The Labute approximate surface area is 111 Å². The lowest BCUT2D eigenvalue weighted by Gasteiger charge is -2.21. The highest BCUT2D eigenvalue weighted by Gasteiger charge is 2.48. The largest absolute Gasteiger partial charge is 0.350 e. The van der Waals surface area contributed by atoms with Crippen LogP contribution >= 0.6 is 0 Å². The van der Waals surface area contributed by atoms with E-state index in [2.05, 4.69) is 10.4 Å². The van der Waals surface area contributed by atoms with Gasteiger partial charge in [-0.15, -0.1) is 0 Å². The zero-order chi connectivity index (χ0) is 14.5.